The van der Waals surface area contributed by atoms with Gasteiger partial charge in [0.1, 0.15) is 5.82 Å². The maximum atomic E-state index is 13.2. The number of rotatable bonds is 5. The Morgan fingerprint density at radius 3 is 2.53 bits per heavy atom. The van der Waals surface area contributed by atoms with E-state index in [0.29, 0.717) is 23.9 Å². The molecule has 1 aromatic heterocycles. The third-order valence-corrected chi connectivity index (χ3v) is 6.68. The van der Waals surface area contributed by atoms with Crippen molar-refractivity contribution in [2.45, 2.75) is 50.6 Å². The van der Waals surface area contributed by atoms with E-state index in [1.165, 1.54) is 44.2 Å². The minimum atomic E-state index is -0.366. The molecule has 2 heterocycles. The van der Waals surface area contributed by atoms with Gasteiger partial charge >= 0.3 is 0 Å². The number of nitrogens with one attached hydrogen (secondary N) is 1. The van der Waals surface area contributed by atoms with Crippen LogP contribution >= 0.6 is 0 Å². The molecule has 172 valence electrons. The lowest BCUT2D eigenvalue weighted by molar-refractivity contribution is -0.136. The zero-order valence-corrected chi connectivity index (χ0v) is 18.7. The van der Waals surface area contributed by atoms with Gasteiger partial charge in [0.15, 0.2) is 11.5 Å². The lowest BCUT2D eigenvalue weighted by Crippen LogP contribution is -2.57. The number of carbonyl (C=O) groups is 2. The summed E-state index contributed by atoms with van der Waals surface area (Å²) >= 11 is 0. The first-order chi connectivity index (χ1) is 15.4. The number of likely N-dealkylation sites (tertiary alicyclic amines) is 1. The van der Waals surface area contributed by atoms with Crippen LogP contribution in [0, 0.1) is 11.7 Å². The van der Waals surface area contributed by atoms with Gasteiger partial charge in [-0.15, -0.1) is 0 Å². The van der Waals surface area contributed by atoms with Crippen LogP contribution in [0.25, 0.3) is 11.3 Å². The highest BCUT2D eigenvalue weighted by Gasteiger charge is 2.38. The Bertz CT molecular complexity index is 937. The van der Waals surface area contributed by atoms with Gasteiger partial charge in [-0.3, -0.25) is 14.5 Å². The molecule has 2 fully saturated rings. The van der Waals surface area contributed by atoms with E-state index in [2.05, 4.69) is 15.4 Å². The average Bonchev–Trinajstić information content (AvgIpc) is 3.30. The van der Waals surface area contributed by atoms with Crippen LogP contribution in [0.2, 0.25) is 0 Å². The third kappa shape index (κ3) is 5.01. The van der Waals surface area contributed by atoms with Crippen LogP contribution in [0.3, 0.4) is 0 Å². The average molecular weight is 443 g/mol. The maximum absolute atomic E-state index is 13.2. The van der Waals surface area contributed by atoms with Gasteiger partial charge in [-0.25, -0.2) is 4.39 Å². The summed E-state index contributed by atoms with van der Waals surface area (Å²) in [4.78, 5) is 29.9. The molecule has 0 spiro atoms. The number of piperidine rings is 1. The number of carbonyl (C=O) groups excluding carboxylic acids is 2. The molecule has 32 heavy (non-hydrogen) atoms. The number of hydrogen-bond donors (Lipinski definition) is 1. The fraction of sp³-hybridized carbons (Fsp3) is 0.542. The highest BCUT2D eigenvalue weighted by atomic mass is 19.1. The summed E-state index contributed by atoms with van der Waals surface area (Å²) in [6, 6.07) is 7.62. The van der Waals surface area contributed by atoms with E-state index in [1.807, 2.05) is 0 Å². The first-order valence-corrected chi connectivity index (χ1v) is 11.4. The van der Waals surface area contributed by atoms with E-state index in [1.54, 1.807) is 37.2 Å². The van der Waals surface area contributed by atoms with Crippen molar-refractivity contribution in [1.29, 1.82) is 0 Å². The maximum Gasteiger partial charge on any atom is 0.273 e. The van der Waals surface area contributed by atoms with Gasteiger partial charge in [-0.05, 0) is 43.5 Å². The van der Waals surface area contributed by atoms with Crippen LogP contribution in [0.1, 0.15) is 49.0 Å². The Morgan fingerprint density at radius 1 is 1.12 bits per heavy atom. The van der Waals surface area contributed by atoms with Crippen LogP contribution in [-0.4, -0.2) is 66.0 Å². The smallest absolute Gasteiger partial charge is 0.273 e. The molecule has 8 heteroatoms. The van der Waals surface area contributed by atoms with Crippen molar-refractivity contribution < 1.29 is 18.5 Å². The molecule has 2 aromatic rings. The predicted molar refractivity (Wildman–Crippen MR) is 118 cm³/mol. The molecule has 1 saturated carbocycles. The van der Waals surface area contributed by atoms with Crippen molar-refractivity contribution in [3.63, 3.8) is 0 Å². The number of nitrogens with zero attached hydrogens (tertiary/aromatic N) is 3. The van der Waals surface area contributed by atoms with Gasteiger partial charge in [0.25, 0.3) is 5.91 Å². The summed E-state index contributed by atoms with van der Waals surface area (Å²) in [6.07, 6.45) is 6.87. The van der Waals surface area contributed by atoms with Crippen molar-refractivity contribution in [3.8, 4) is 11.3 Å². The van der Waals surface area contributed by atoms with Crippen LogP contribution in [0.5, 0.6) is 0 Å². The molecular weight excluding hydrogens is 411 g/mol. The lowest BCUT2D eigenvalue weighted by atomic mass is 9.86. The summed E-state index contributed by atoms with van der Waals surface area (Å²) in [7, 11) is 3.51. The summed E-state index contributed by atoms with van der Waals surface area (Å²) in [5, 5.41) is 6.91. The zero-order chi connectivity index (χ0) is 22.7. The van der Waals surface area contributed by atoms with E-state index < -0.39 is 0 Å². The minimum Gasteiger partial charge on any atom is -0.355 e. The predicted octanol–water partition coefficient (Wildman–Crippen LogP) is 3.32. The Balaban J connectivity index is 1.45. The van der Waals surface area contributed by atoms with Gasteiger partial charge in [-0.2, -0.15) is 0 Å². The molecule has 2 atom stereocenters. The quantitative estimate of drug-likeness (QED) is 0.769. The molecule has 1 N–H and O–H groups in total. The second-order valence-electron chi connectivity index (χ2n) is 9.08. The lowest BCUT2D eigenvalue weighted by Gasteiger charge is -2.43. The standard InChI is InChI=1S/C24H31FN4O3/c1-28(2)24(31)19-15-29(18-6-4-3-5-7-18)13-12-20(19)26-23(30)21-14-22(32-27-21)16-8-10-17(25)11-9-16/h8-11,14,18-20H,3-7,12-13,15H2,1-2H3,(H,26,30)/t19-,20-/m1/s1. The second kappa shape index (κ2) is 9.81. The highest BCUT2D eigenvalue weighted by Crippen LogP contribution is 2.28. The van der Waals surface area contributed by atoms with Crippen LogP contribution < -0.4 is 5.32 Å². The van der Waals surface area contributed by atoms with Gasteiger partial charge in [0.2, 0.25) is 5.91 Å². The van der Waals surface area contributed by atoms with Crippen molar-refractivity contribution in [2.75, 3.05) is 27.2 Å². The molecule has 0 radical (unpaired) electrons. The van der Waals surface area contributed by atoms with Gasteiger partial charge < -0.3 is 14.7 Å². The molecule has 2 aliphatic rings. The number of benzene rings is 1. The fourth-order valence-electron chi connectivity index (χ4n) is 4.88. The summed E-state index contributed by atoms with van der Waals surface area (Å²) in [6.45, 7) is 1.53. The van der Waals surface area contributed by atoms with Crippen LogP contribution in [0.15, 0.2) is 34.9 Å². The molecule has 7 nitrogen and oxygen atoms in total. The molecule has 1 aliphatic heterocycles. The van der Waals surface area contributed by atoms with Gasteiger partial charge in [-0.1, -0.05) is 24.4 Å². The minimum absolute atomic E-state index is 0.0305. The molecule has 1 aliphatic carbocycles. The molecule has 0 unspecified atom stereocenters. The normalized spacial score (nSPS) is 22.5. The SMILES string of the molecule is CN(C)C(=O)[C@@H]1CN(C2CCCCC2)CC[C@H]1NC(=O)c1cc(-c2ccc(F)cc2)on1. The number of amides is 2. The van der Waals surface area contributed by atoms with Crippen LogP contribution in [-0.2, 0) is 4.79 Å². The molecule has 2 amide bonds. The topological polar surface area (TPSA) is 78.7 Å². The van der Waals surface area contributed by atoms with E-state index >= 15 is 0 Å². The van der Waals surface area contributed by atoms with Gasteiger partial charge in [0, 0.05) is 50.9 Å². The highest BCUT2D eigenvalue weighted by molar-refractivity contribution is 5.93. The van der Waals surface area contributed by atoms with E-state index in [-0.39, 0.29) is 35.3 Å². The van der Waals surface area contributed by atoms with Crippen molar-refractivity contribution in [2.24, 2.45) is 5.92 Å². The van der Waals surface area contributed by atoms with Crippen molar-refractivity contribution in [3.05, 3.63) is 41.8 Å². The van der Waals surface area contributed by atoms with Gasteiger partial charge in [0.05, 0.1) is 5.92 Å². The molecule has 1 aromatic carbocycles. The molecule has 1 saturated heterocycles. The van der Waals surface area contributed by atoms with Crippen molar-refractivity contribution in [1.82, 2.24) is 20.3 Å². The zero-order valence-electron chi connectivity index (χ0n) is 18.7. The number of aromatic nitrogens is 1. The number of hydrogen-bond acceptors (Lipinski definition) is 5. The summed E-state index contributed by atoms with van der Waals surface area (Å²) < 4.78 is 18.4. The first kappa shape index (κ1) is 22.5. The van der Waals surface area contributed by atoms with E-state index in [0.717, 1.165) is 13.0 Å². The Hall–Kier alpha value is -2.74. The summed E-state index contributed by atoms with van der Waals surface area (Å²) in [5.41, 5.74) is 0.787. The van der Waals surface area contributed by atoms with Crippen molar-refractivity contribution >= 4 is 11.8 Å². The molecule has 4 rings (SSSR count). The summed E-state index contributed by atoms with van der Waals surface area (Å²) in [5.74, 6) is -0.587. The third-order valence-electron chi connectivity index (χ3n) is 6.68. The molecular formula is C24H31FN4O3. The Labute approximate surface area is 187 Å². The largest absolute Gasteiger partial charge is 0.355 e. The molecule has 0 bridgehead atoms. The van der Waals surface area contributed by atoms with Crippen LogP contribution in [0.4, 0.5) is 4.39 Å². The fourth-order valence-corrected chi connectivity index (χ4v) is 4.88. The van der Waals surface area contributed by atoms with E-state index in [9.17, 15) is 14.0 Å². The Morgan fingerprint density at radius 2 is 1.84 bits per heavy atom. The second-order valence-corrected chi connectivity index (χ2v) is 9.08. The monoisotopic (exact) mass is 442 g/mol. The van der Waals surface area contributed by atoms with E-state index in [4.69, 9.17) is 4.52 Å². The Kier molecular flexibility index (Phi) is 6.89. The first-order valence-electron chi connectivity index (χ1n) is 11.4. The number of halogens is 1.